The molecule has 0 bridgehead atoms. The fourth-order valence-electron chi connectivity index (χ4n) is 6.65. The molecule has 246 valence electrons. The molecule has 0 N–H and O–H groups in total. The molecule has 0 aliphatic heterocycles. The molecule has 4 heterocycles. The second-order valence-corrected chi connectivity index (χ2v) is 16.3. The summed E-state index contributed by atoms with van der Waals surface area (Å²) in [5.74, 6) is 0. The molecule has 0 unspecified atom stereocenters. The van der Waals surface area contributed by atoms with E-state index in [-0.39, 0.29) is 4.90 Å². The van der Waals surface area contributed by atoms with Crippen molar-refractivity contribution in [1.82, 2.24) is 19.2 Å². The summed E-state index contributed by atoms with van der Waals surface area (Å²) in [4.78, 5) is 6.13. The van der Waals surface area contributed by atoms with Gasteiger partial charge >= 0.3 is 0 Å². The number of imidazole rings is 1. The molecule has 0 fully saturated rings. The zero-order valence-electron chi connectivity index (χ0n) is 27.3. The minimum atomic E-state index is -3.38. The molecule has 0 atom stereocenters. The lowest BCUT2D eigenvalue weighted by atomic mass is 9.77. The highest BCUT2D eigenvalue weighted by molar-refractivity contribution is 8.00. The van der Waals surface area contributed by atoms with Crippen LogP contribution in [-0.4, -0.2) is 40.1 Å². The molecule has 50 heavy (non-hydrogen) atoms. The molecular weight excluding hydrogens is 677 g/mol. The summed E-state index contributed by atoms with van der Waals surface area (Å²) in [5.41, 5.74) is 7.60. The van der Waals surface area contributed by atoms with Gasteiger partial charge in [0, 0.05) is 35.3 Å². The van der Waals surface area contributed by atoms with Crippen molar-refractivity contribution in [2.75, 3.05) is 12.5 Å². The van der Waals surface area contributed by atoms with E-state index in [1.807, 2.05) is 42.6 Å². The van der Waals surface area contributed by atoms with Gasteiger partial charge in [-0.05, 0) is 59.3 Å². The maximum absolute atomic E-state index is 12.4. The first-order valence-corrected chi connectivity index (χ1v) is 20.0. The van der Waals surface area contributed by atoms with E-state index in [1.165, 1.54) is 10.5 Å². The van der Waals surface area contributed by atoms with Crippen molar-refractivity contribution < 1.29 is 8.42 Å². The summed E-state index contributed by atoms with van der Waals surface area (Å²) in [5, 5.41) is 5.45. The number of benzene rings is 4. The first-order chi connectivity index (χ1) is 24.4. The van der Waals surface area contributed by atoms with Crippen LogP contribution in [0.25, 0.3) is 38.6 Å². The van der Waals surface area contributed by atoms with E-state index in [0.29, 0.717) is 0 Å². The maximum Gasteiger partial charge on any atom is 0.175 e. The highest BCUT2D eigenvalue weighted by atomic mass is 32.2. The van der Waals surface area contributed by atoms with Crippen LogP contribution in [0.2, 0.25) is 0 Å². The highest BCUT2D eigenvalue weighted by Gasteiger charge is 2.40. The molecule has 9 heteroatoms. The molecule has 4 aromatic heterocycles. The van der Waals surface area contributed by atoms with E-state index in [1.54, 1.807) is 35.2 Å². The zero-order valence-corrected chi connectivity index (χ0v) is 29.8. The smallest absolute Gasteiger partial charge is 0.175 e. The fraction of sp³-hybridized carbons (Fsp3) is 0.0732. The summed E-state index contributed by atoms with van der Waals surface area (Å²) in [6.07, 6.45) is 9.49. The van der Waals surface area contributed by atoms with E-state index < -0.39 is 15.4 Å². The SMILES string of the molecule is CSc1ccc(-c2cnc3ccc(-c4cn(C(c5ccccc5)(c5ccccc5)c5ccccc5)nc4-c4ccc(S(C)(=O)=O)cc4)cn23)s1. The minimum Gasteiger partial charge on any atom is -0.298 e. The monoisotopic (exact) mass is 708 g/mol. The number of thioether (sulfide) groups is 1. The lowest BCUT2D eigenvalue weighted by molar-refractivity contribution is 0.461. The van der Waals surface area contributed by atoms with Crippen LogP contribution in [-0.2, 0) is 15.4 Å². The van der Waals surface area contributed by atoms with Crippen molar-refractivity contribution in [3.63, 3.8) is 0 Å². The fourth-order valence-corrected chi connectivity index (χ4v) is 8.84. The highest BCUT2D eigenvalue weighted by Crippen LogP contribution is 2.43. The van der Waals surface area contributed by atoms with Crippen molar-refractivity contribution in [3.05, 3.63) is 175 Å². The van der Waals surface area contributed by atoms with E-state index in [9.17, 15) is 8.42 Å². The summed E-state index contributed by atoms with van der Waals surface area (Å²) in [6.45, 7) is 0. The van der Waals surface area contributed by atoms with Crippen LogP contribution in [0.1, 0.15) is 16.7 Å². The van der Waals surface area contributed by atoms with Crippen molar-refractivity contribution in [2.45, 2.75) is 14.6 Å². The predicted octanol–water partition coefficient (Wildman–Crippen LogP) is 9.56. The van der Waals surface area contributed by atoms with E-state index in [0.717, 1.165) is 55.3 Å². The van der Waals surface area contributed by atoms with E-state index in [4.69, 9.17) is 10.1 Å². The van der Waals surface area contributed by atoms with Crippen LogP contribution in [0.4, 0.5) is 0 Å². The van der Waals surface area contributed by atoms with Gasteiger partial charge in [-0.2, -0.15) is 5.10 Å². The van der Waals surface area contributed by atoms with Gasteiger partial charge in [0.1, 0.15) is 16.9 Å². The normalized spacial score (nSPS) is 12.0. The molecule has 6 nitrogen and oxygen atoms in total. The third-order valence-electron chi connectivity index (χ3n) is 9.04. The Balaban J connectivity index is 1.42. The van der Waals surface area contributed by atoms with Gasteiger partial charge in [-0.3, -0.25) is 9.08 Å². The lowest BCUT2D eigenvalue weighted by Crippen LogP contribution is -2.38. The Morgan fingerprint density at radius 1 is 0.680 bits per heavy atom. The minimum absolute atomic E-state index is 0.263. The van der Waals surface area contributed by atoms with Crippen LogP contribution >= 0.6 is 23.1 Å². The second kappa shape index (κ2) is 12.9. The summed E-state index contributed by atoms with van der Waals surface area (Å²) < 4.78 is 30.3. The molecule has 0 saturated carbocycles. The van der Waals surface area contributed by atoms with Gasteiger partial charge in [0.15, 0.2) is 9.84 Å². The molecule has 0 saturated heterocycles. The quantitative estimate of drug-likeness (QED) is 0.110. The molecule has 8 aromatic rings. The predicted molar refractivity (Wildman–Crippen MR) is 205 cm³/mol. The Kier molecular flexibility index (Phi) is 8.27. The number of thiophene rings is 1. The van der Waals surface area contributed by atoms with Crippen molar-refractivity contribution in [1.29, 1.82) is 0 Å². The average Bonchev–Trinajstić information content (AvgIpc) is 3.92. The van der Waals surface area contributed by atoms with Gasteiger partial charge in [-0.1, -0.05) is 103 Å². The topological polar surface area (TPSA) is 69.3 Å². The lowest BCUT2D eigenvalue weighted by Gasteiger charge is -2.36. The van der Waals surface area contributed by atoms with E-state index in [2.05, 4.69) is 119 Å². The van der Waals surface area contributed by atoms with Gasteiger partial charge in [0.25, 0.3) is 0 Å². The number of hydrogen-bond donors (Lipinski definition) is 0. The molecule has 0 radical (unpaired) electrons. The van der Waals surface area contributed by atoms with Gasteiger partial charge < -0.3 is 0 Å². The average molecular weight is 709 g/mol. The summed E-state index contributed by atoms with van der Waals surface area (Å²) in [7, 11) is -3.38. The Hall–Kier alpha value is -5.22. The number of nitrogens with zero attached hydrogens (tertiary/aromatic N) is 4. The first-order valence-electron chi connectivity index (χ1n) is 16.0. The van der Waals surface area contributed by atoms with Crippen molar-refractivity contribution in [2.24, 2.45) is 0 Å². The van der Waals surface area contributed by atoms with E-state index >= 15 is 0 Å². The molecule has 0 aliphatic rings. The number of sulfone groups is 1. The molecule has 4 aromatic carbocycles. The van der Waals surface area contributed by atoms with Crippen LogP contribution in [0.3, 0.4) is 0 Å². The van der Waals surface area contributed by atoms with Gasteiger partial charge in [0.2, 0.25) is 0 Å². The number of fused-ring (bicyclic) bond motifs is 1. The van der Waals surface area contributed by atoms with Gasteiger partial charge in [-0.15, -0.1) is 23.1 Å². The van der Waals surface area contributed by atoms with Crippen LogP contribution < -0.4 is 0 Å². The molecule has 8 rings (SSSR count). The molecule has 0 spiro atoms. The number of hydrogen-bond acceptors (Lipinski definition) is 6. The molecule has 0 aliphatic carbocycles. The largest absolute Gasteiger partial charge is 0.298 e. The number of aromatic nitrogens is 4. The number of rotatable bonds is 9. The van der Waals surface area contributed by atoms with Gasteiger partial charge in [-0.25, -0.2) is 13.4 Å². The van der Waals surface area contributed by atoms with Crippen LogP contribution in [0.15, 0.2) is 167 Å². The molecule has 0 amide bonds. The van der Waals surface area contributed by atoms with Crippen LogP contribution in [0.5, 0.6) is 0 Å². The number of pyridine rings is 1. The second-order valence-electron chi connectivity index (χ2n) is 12.1. The Labute approximate surface area is 299 Å². The standard InChI is InChI=1S/C41H32N4O2S3/c1-48-39-25-23-37(49-39)36-26-42-38-24-20-30(27-44(36)38)35-28-45(43-40(35)29-18-21-34(22-19-29)50(2,46)47)41(31-12-6-3-7-13-31,32-14-8-4-9-15-32)33-16-10-5-11-17-33/h3-28H,1-2H3. The third-order valence-corrected chi connectivity index (χ3v) is 12.4. The maximum atomic E-state index is 12.4. The van der Waals surface area contributed by atoms with Crippen molar-refractivity contribution >= 4 is 38.6 Å². The van der Waals surface area contributed by atoms with Crippen molar-refractivity contribution in [3.8, 4) is 33.0 Å². The summed E-state index contributed by atoms with van der Waals surface area (Å²) in [6, 6.07) is 46.8. The van der Waals surface area contributed by atoms with Gasteiger partial charge in [0.05, 0.1) is 25.9 Å². The Morgan fingerprint density at radius 3 is 1.80 bits per heavy atom. The third kappa shape index (κ3) is 5.57. The Bertz CT molecular complexity index is 2440. The molecular formula is C41H32N4O2S3. The summed E-state index contributed by atoms with van der Waals surface area (Å²) >= 11 is 3.48. The Morgan fingerprint density at radius 2 is 1.26 bits per heavy atom. The zero-order chi connectivity index (χ0) is 34.3. The van der Waals surface area contributed by atoms with Crippen LogP contribution in [0, 0.1) is 0 Å². The first kappa shape index (κ1) is 32.0.